The molecule has 8 heteroatoms. The van der Waals surface area contributed by atoms with Crippen molar-refractivity contribution in [3.8, 4) is 0 Å². The van der Waals surface area contributed by atoms with E-state index in [0.717, 1.165) is 28.4 Å². The first-order valence-corrected chi connectivity index (χ1v) is 14.6. The summed E-state index contributed by atoms with van der Waals surface area (Å²) in [4.78, 5) is 39.6. The fourth-order valence-electron chi connectivity index (χ4n) is 5.20. The average molecular weight is 538 g/mol. The number of fused-ring (bicyclic) bond motifs is 1. The first kappa shape index (κ1) is 28.2. The zero-order valence-corrected chi connectivity index (χ0v) is 23.7. The topological polar surface area (TPSA) is 91.7 Å². The van der Waals surface area contributed by atoms with Gasteiger partial charge in [-0.1, -0.05) is 38.0 Å². The number of carbonyl (C=O) groups is 3. The molecule has 0 saturated carbocycles. The Morgan fingerprint density at radius 1 is 1.21 bits per heavy atom. The number of nitrogens with one attached hydrogen (secondary N) is 2. The van der Waals surface area contributed by atoms with E-state index in [-0.39, 0.29) is 24.1 Å². The highest BCUT2D eigenvalue weighted by Gasteiger charge is 2.39. The lowest BCUT2D eigenvalue weighted by atomic mass is 9.93. The Kier molecular flexibility index (Phi) is 9.49. The van der Waals surface area contributed by atoms with Crippen molar-refractivity contribution in [1.29, 1.82) is 0 Å². The van der Waals surface area contributed by atoms with E-state index in [1.54, 1.807) is 16.7 Å². The summed E-state index contributed by atoms with van der Waals surface area (Å²) >= 11 is 1.64. The van der Waals surface area contributed by atoms with Crippen molar-refractivity contribution in [3.63, 3.8) is 0 Å². The fraction of sp³-hybridized carbons (Fsp3) is 0.500. The summed E-state index contributed by atoms with van der Waals surface area (Å²) in [5.41, 5.74) is 2.91. The van der Waals surface area contributed by atoms with E-state index in [0.29, 0.717) is 42.8 Å². The maximum absolute atomic E-state index is 13.1. The van der Waals surface area contributed by atoms with E-state index in [1.807, 2.05) is 30.3 Å². The molecule has 0 aliphatic carbocycles. The summed E-state index contributed by atoms with van der Waals surface area (Å²) in [5.74, 6) is 2.23. The van der Waals surface area contributed by atoms with Crippen LogP contribution in [0.1, 0.15) is 87.2 Å². The third-order valence-corrected chi connectivity index (χ3v) is 8.50. The zero-order valence-electron chi connectivity index (χ0n) is 22.8. The molecule has 1 saturated heterocycles. The minimum absolute atomic E-state index is 0.150. The molecule has 0 bridgehead atoms. The van der Waals surface area contributed by atoms with Crippen molar-refractivity contribution < 1.29 is 18.8 Å². The molecule has 2 N–H and O–H groups in total. The predicted molar refractivity (Wildman–Crippen MR) is 150 cm³/mol. The summed E-state index contributed by atoms with van der Waals surface area (Å²) in [5, 5.41) is 6.06. The van der Waals surface area contributed by atoms with Crippen molar-refractivity contribution in [1.82, 2.24) is 15.5 Å². The second kappa shape index (κ2) is 12.8. The van der Waals surface area contributed by atoms with Gasteiger partial charge in [0.25, 0.3) is 5.91 Å². The van der Waals surface area contributed by atoms with E-state index in [2.05, 4.69) is 44.4 Å². The quantitative estimate of drug-likeness (QED) is 0.209. The van der Waals surface area contributed by atoms with E-state index in [9.17, 15) is 14.4 Å². The summed E-state index contributed by atoms with van der Waals surface area (Å²) in [6.07, 6.45) is 6.30. The van der Waals surface area contributed by atoms with Crippen LogP contribution < -0.4 is 10.6 Å². The molecule has 3 heterocycles. The summed E-state index contributed by atoms with van der Waals surface area (Å²) < 4.78 is 6.14. The number of thioether (sulfide) groups is 1. The minimum atomic E-state index is -0.605. The molecule has 3 amide bonds. The smallest absolute Gasteiger partial charge is 0.255 e. The fourth-order valence-corrected chi connectivity index (χ4v) is 6.18. The molecule has 2 aromatic rings. The van der Waals surface area contributed by atoms with Crippen LogP contribution in [0, 0.1) is 5.92 Å². The lowest BCUT2D eigenvalue weighted by Crippen LogP contribution is -2.52. The summed E-state index contributed by atoms with van der Waals surface area (Å²) in [7, 11) is 0. The first-order valence-electron chi connectivity index (χ1n) is 13.6. The molecule has 0 radical (unpaired) electrons. The number of amides is 3. The van der Waals surface area contributed by atoms with E-state index in [1.165, 1.54) is 18.4 Å². The number of piperidine rings is 1. The molecule has 3 unspecified atom stereocenters. The zero-order chi connectivity index (χ0) is 27.2. The van der Waals surface area contributed by atoms with E-state index in [4.69, 9.17) is 4.42 Å². The van der Waals surface area contributed by atoms with E-state index < -0.39 is 6.04 Å². The van der Waals surface area contributed by atoms with Crippen molar-refractivity contribution in [3.05, 3.63) is 64.6 Å². The van der Waals surface area contributed by atoms with Gasteiger partial charge >= 0.3 is 0 Å². The summed E-state index contributed by atoms with van der Waals surface area (Å²) in [6, 6.07) is 9.57. The molecule has 3 atom stereocenters. The van der Waals surface area contributed by atoms with Crippen LogP contribution in [0.5, 0.6) is 0 Å². The van der Waals surface area contributed by atoms with Gasteiger partial charge in [-0.25, -0.2) is 0 Å². The highest BCUT2D eigenvalue weighted by atomic mass is 32.2. The number of benzene rings is 1. The lowest BCUT2D eigenvalue weighted by molar-refractivity contribution is -0.136. The Morgan fingerprint density at radius 3 is 2.74 bits per heavy atom. The Balaban J connectivity index is 1.36. The SMILES string of the molecule is CCCC(C)C(CC=C(C)C)NCc1ccc(CSc2cccc3c2CN(C2CCC(=O)NC2=O)C3=O)o1. The average Bonchev–Trinajstić information content (AvgIpc) is 3.47. The van der Waals surface area contributed by atoms with Crippen LogP contribution in [0.15, 0.2) is 51.3 Å². The third-order valence-electron chi connectivity index (χ3n) is 7.38. The number of imide groups is 1. The molecular weight excluding hydrogens is 498 g/mol. The molecule has 2 aliphatic rings. The molecule has 1 aromatic carbocycles. The Morgan fingerprint density at radius 2 is 2.00 bits per heavy atom. The van der Waals surface area contributed by atoms with Crippen molar-refractivity contribution in [2.24, 2.45) is 5.92 Å². The minimum Gasteiger partial charge on any atom is -0.464 e. The Labute approximate surface area is 229 Å². The normalized spacial score (nSPS) is 18.8. The Hall–Kier alpha value is -2.84. The molecule has 1 aromatic heterocycles. The highest BCUT2D eigenvalue weighted by molar-refractivity contribution is 7.98. The Bertz CT molecular complexity index is 1200. The molecule has 4 rings (SSSR count). The third kappa shape index (κ3) is 6.77. The first-order chi connectivity index (χ1) is 18.3. The van der Waals surface area contributed by atoms with Gasteiger partial charge in [0.05, 0.1) is 12.3 Å². The number of allylic oxidation sites excluding steroid dienone is 1. The second-order valence-corrected chi connectivity index (χ2v) is 11.6. The van der Waals surface area contributed by atoms with Gasteiger partial charge in [-0.2, -0.15) is 0 Å². The van der Waals surface area contributed by atoms with Crippen molar-refractivity contribution in [2.45, 2.75) is 95.6 Å². The van der Waals surface area contributed by atoms with Crippen LogP contribution in [-0.2, 0) is 28.4 Å². The van der Waals surface area contributed by atoms with Crippen LogP contribution >= 0.6 is 11.8 Å². The van der Waals surface area contributed by atoms with Gasteiger partial charge in [-0.15, -0.1) is 11.8 Å². The number of nitrogens with zero attached hydrogens (tertiary/aromatic N) is 1. The lowest BCUT2D eigenvalue weighted by Gasteiger charge is -2.29. The van der Waals surface area contributed by atoms with Gasteiger partial charge < -0.3 is 14.6 Å². The van der Waals surface area contributed by atoms with Gasteiger partial charge in [0.15, 0.2) is 0 Å². The van der Waals surface area contributed by atoms with Gasteiger partial charge in [0, 0.05) is 29.5 Å². The number of hydrogen-bond donors (Lipinski definition) is 2. The molecule has 1 fully saturated rings. The molecule has 38 heavy (non-hydrogen) atoms. The van der Waals surface area contributed by atoms with Crippen molar-refractivity contribution in [2.75, 3.05) is 0 Å². The van der Waals surface area contributed by atoms with Gasteiger partial charge in [-0.05, 0) is 68.9 Å². The van der Waals surface area contributed by atoms with Gasteiger partial charge in [0.1, 0.15) is 17.6 Å². The van der Waals surface area contributed by atoms with Crippen LogP contribution in [0.3, 0.4) is 0 Å². The van der Waals surface area contributed by atoms with Crippen LogP contribution in [0.4, 0.5) is 0 Å². The standard InChI is InChI=1S/C30H39N3O4S/c1-5-7-20(4)25(13-10-19(2)3)31-16-21-11-12-22(37-21)18-38-27-9-6-8-23-24(27)17-33(30(23)36)26-14-15-28(34)32-29(26)35/h6,8-12,20,25-26,31H,5,7,13-18H2,1-4H3,(H,32,34,35). The predicted octanol–water partition coefficient (Wildman–Crippen LogP) is 5.58. The molecular formula is C30H39N3O4S. The molecule has 7 nitrogen and oxygen atoms in total. The monoisotopic (exact) mass is 537 g/mol. The van der Waals surface area contributed by atoms with E-state index >= 15 is 0 Å². The maximum Gasteiger partial charge on any atom is 0.255 e. The largest absolute Gasteiger partial charge is 0.464 e. The van der Waals surface area contributed by atoms with Crippen LogP contribution in [-0.4, -0.2) is 34.7 Å². The number of carbonyl (C=O) groups excluding carboxylic acids is 3. The van der Waals surface area contributed by atoms with Crippen LogP contribution in [0.2, 0.25) is 0 Å². The maximum atomic E-state index is 13.1. The highest BCUT2D eigenvalue weighted by Crippen LogP contribution is 2.35. The second-order valence-electron chi connectivity index (χ2n) is 10.6. The number of hydrogen-bond acceptors (Lipinski definition) is 6. The number of furan rings is 1. The van der Waals surface area contributed by atoms with Gasteiger partial charge in [-0.3, -0.25) is 19.7 Å². The summed E-state index contributed by atoms with van der Waals surface area (Å²) in [6.45, 7) is 9.89. The van der Waals surface area contributed by atoms with Gasteiger partial charge in [0.2, 0.25) is 11.8 Å². The van der Waals surface area contributed by atoms with Crippen molar-refractivity contribution >= 4 is 29.5 Å². The molecule has 2 aliphatic heterocycles. The van der Waals surface area contributed by atoms with Crippen LogP contribution in [0.25, 0.3) is 0 Å². The molecule has 204 valence electrons. The molecule has 0 spiro atoms. The number of rotatable bonds is 12.